The predicted octanol–water partition coefficient (Wildman–Crippen LogP) is 4.24. The minimum Gasteiger partial charge on any atom is -0.495 e. The highest BCUT2D eigenvalue weighted by Gasteiger charge is 2.43. The minimum atomic E-state index is -0.967. The summed E-state index contributed by atoms with van der Waals surface area (Å²) in [6.07, 6.45) is 6.79. The first-order chi connectivity index (χ1) is 15.8. The van der Waals surface area contributed by atoms with Crippen LogP contribution in [0.2, 0.25) is 0 Å². The molecule has 0 saturated carbocycles. The number of halogens is 1. The number of amidine groups is 1. The molecule has 8 heteroatoms. The van der Waals surface area contributed by atoms with Crippen LogP contribution in [0.4, 0.5) is 4.39 Å². The quantitative estimate of drug-likeness (QED) is 0.583. The molecule has 4 rings (SSSR count). The van der Waals surface area contributed by atoms with Crippen molar-refractivity contribution in [1.29, 1.82) is 0 Å². The van der Waals surface area contributed by atoms with Gasteiger partial charge in [-0.3, -0.25) is 0 Å². The highest BCUT2D eigenvalue weighted by atomic mass is 19.1. The van der Waals surface area contributed by atoms with Crippen LogP contribution in [-0.4, -0.2) is 45.2 Å². The van der Waals surface area contributed by atoms with Crippen molar-refractivity contribution in [2.24, 2.45) is 5.16 Å². The standard InChI is InChI=1S/C25H27FN4O3/c1-17-14-29(16-27-17)22-11-5-19(13-23(22)32-4)6-12-24-28-33-25(3,30(24)15-18(2)31)20-7-9-21(26)10-8-20/h5-14,16,18,31H,15H2,1-4H3/t18-,25+/m0/s1. The minimum absolute atomic E-state index is 0.291. The fourth-order valence-electron chi connectivity index (χ4n) is 3.81. The van der Waals surface area contributed by atoms with Gasteiger partial charge in [0.15, 0.2) is 5.84 Å². The van der Waals surface area contributed by atoms with Gasteiger partial charge in [0.1, 0.15) is 11.6 Å². The molecule has 33 heavy (non-hydrogen) atoms. The number of nitrogens with zero attached hydrogens (tertiary/aromatic N) is 4. The lowest BCUT2D eigenvalue weighted by Crippen LogP contribution is -2.46. The Balaban J connectivity index is 1.61. The van der Waals surface area contributed by atoms with E-state index < -0.39 is 11.8 Å². The van der Waals surface area contributed by atoms with Gasteiger partial charge in [-0.15, -0.1) is 0 Å². The Labute approximate surface area is 192 Å². The number of aryl methyl sites for hydroxylation is 1. The van der Waals surface area contributed by atoms with Gasteiger partial charge in [-0.1, -0.05) is 29.4 Å². The lowest BCUT2D eigenvalue weighted by atomic mass is 10.0. The molecule has 3 aromatic rings. The summed E-state index contributed by atoms with van der Waals surface area (Å²) in [6.45, 7) is 5.77. The van der Waals surface area contributed by atoms with Crippen LogP contribution in [0.3, 0.4) is 0 Å². The third-order valence-electron chi connectivity index (χ3n) is 5.55. The van der Waals surface area contributed by atoms with E-state index in [4.69, 9.17) is 9.57 Å². The molecule has 1 aliphatic heterocycles. The maximum Gasteiger partial charge on any atom is 0.234 e. The molecule has 2 aromatic carbocycles. The van der Waals surface area contributed by atoms with Crippen molar-refractivity contribution in [3.8, 4) is 11.4 Å². The van der Waals surface area contributed by atoms with Crippen molar-refractivity contribution >= 4 is 11.9 Å². The molecule has 1 aliphatic rings. The summed E-state index contributed by atoms with van der Waals surface area (Å²) in [5, 5.41) is 14.3. The Morgan fingerprint density at radius 1 is 1.21 bits per heavy atom. The van der Waals surface area contributed by atoms with E-state index in [0.717, 1.165) is 22.5 Å². The predicted molar refractivity (Wildman–Crippen MR) is 125 cm³/mol. The van der Waals surface area contributed by atoms with Gasteiger partial charge in [-0.05, 0) is 49.8 Å². The van der Waals surface area contributed by atoms with Gasteiger partial charge in [0.2, 0.25) is 5.72 Å². The molecule has 0 aliphatic carbocycles. The van der Waals surface area contributed by atoms with Crippen LogP contribution in [0.1, 0.15) is 30.7 Å². The maximum atomic E-state index is 13.4. The smallest absolute Gasteiger partial charge is 0.234 e. The topological polar surface area (TPSA) is 72.1 Å². The first kappa shape index (κ1) is 22.5. The largest absolute Gasteiger partial charge is 0.495 e. The molecule has 0 radical (unpaired) electrons. The second-order valence-corrected chi connectivity index (χ2v) is 8.18. The Kier molecular flexibility index (Phi) is 6.20. The number of imidazole rings is 1. The van der Waals surface area contributed by atoms with E-state index in [0.29, 0.717) is 18.1 Å². The molecule has 1 aromatic heterocycles. The molecular formula is C25H27FN4O3. The van der Waals surface area contributed by atoms with Gasteiger partial charge in [-0.25, -0.2) is 9.37 Å². The molecule has 0 unspecified atom stereocenters. The van der Waals surface area contributed by atoms with Crippen LogP contribution in [0.25, 0.3) is 11.8 Å². The average Bonchev–Trinajstić information content (AvgIpc) is 3.36. The van der Waals surface area contributed by atoms with Gasteiger partial charge in [-0.2, -0.15) is 0 Å². The van der Waals surface area contributed by atoms with Gasteiger partial charge >= 0.3 is 0 Å². The molecule has 0 bridgehead atoms. The Hall–Kier alpha value is -3.65. The Morgan fingerprint density at radius 3 is 2.61 bits per heavy atom. The third kappa shape index (κ3) is 4.61. The molecule has 2 atom stereocenters. The fraction of sp³-hybridized carbons (Fsp3) is 0.280. The van der Waals surface area contributed by atoms with Gasteiger partial charge in [0.05, 0.1) is 30.9 Å². The van der Waals surface area contributed by atoms with E-state index in [1.807, 2.05) is 59.9 Å². The Bertz CT molecular complexity index is 1190. The van der Waals surface area contributed by atoms with Gasteiger partial charge in [0.25, 0.3) is 0 Å². The first-order valence-electron chi connectivity index (χ1n) is 10.6. The van der Waals surface area contributed by atoms with Crippen molar-refractivity contribution in [2.75, 3.05) is 13.7 Å². The number of aliphatic hydroxyl groups is 1. The number of hydrogen-bond donors (Lipinski definition) is 1. The first-order valence-corrected chi connectivity index (χ1v) is 10.6. The molecule has 172 valence electrons. The fourth-order valence-corrected chi connectivity index (χ4v) is 3.81. The van der Waals surface area contributed by atoms with Crippen LogP contribution in [0, 0.1) is 12.7 Å². The normalized spacial score (nSPS) is 19.0. The van der Waals surface area contributed by atoms with Crippen LogP contribution in [0.15, 0.2) is 66.2 Å². The average molecular weight is 451 g/mol. The zero-order valence-corrected chi connectivity index (χ0v) is 19.1. The summed E-state index contributed by atoms with van der Waals surface area (Å²) in [5.74, 6) is 0.929. The summed E-state index contributed by atoms with van der Waals surface area (Å²) in [7, 11) is 1.63. The summed E-state index contributed by atoms with van der Waals surface area (Å²) >= 11 is 0. The number of ether oxygens (including phenoxy) is 1. The number of oxime groups is 1. The number of rotatable bonds is 7. The van der Waals surface area contributed by atoms with Crippen molar-refractivity contribution in [3.05, 3.63) is 83.7 Å². The summed E-state index contributed by atoms with van der Waals surface area (Å²) in [4.78, 5) is 11.9. The molecule has 0 saturated heterocycles. The second-order valence-electron chi connectivity index (χ2n) is 8.18. The van der Waals surface area contributed by atoms with Crippen LogP contribution in [0.5, 0.6) is 5.75 Å². The molecule has 0 fully saturated rings. The van der Waals surface area contributed by atoms with E-state index in [1.54, 1.807) is 32.5 Å². The molecule has 2 heterocycles. The number of β-amino-alcohol motifs (C(OH)–C–C–N with tert-alkyl or cyclic N) is 1. The van der Waals surface area contributed by atoms with Crippen molar-refractivity contribution in [3.63, 3.8) is 0 Å². The summed E-state index contributed by atoms with van der Waals surface area (Å²) in [5.41, 5.74) is 2.48. The van der Waals surface area contributed by atoms with E-state index in [-0.39, 0.29) is 5.82 Å². The lowest BCUT2D eigenvalue weighted by Gasteiger charge is -2.35. The number of benzene rings is 2. The maximum absolute atomic E-state index is 13.4. The summed E-state index contributed by atoms with van der Waals surface area (Å²) in [6, 6.07) is 11.9. The van der Waals surface area contributed by atoms with E-state index in [9.17, 15) is 9.50 Å². The molecular weight excluding hydrogens is 423 g/mol. The monoisotopic (exact) mass is 450 g/mol. The van der Waals surface area contributed by atoms with Gasteiger partial charge in [0, 0.05) is 25.2 Å². The van der Waals surface area contributed by atoms with Crippen LogP contribution < -0.4 is 4.74 Å². The van der Waals surface area contributed by atoms with Gasteiger partial charge < -0.3 is 24.1 Å². The van der Waals surface area contributed by atoms with Crippen LogP contribution >= 0.6 is 0 Å². The zero-order chi connectivity index (χ0) is 23.6. The molecule has 1 N–H and O–H groups in total. The molecule has 0 amide bonds. The third-order valence-corrected chi connectivity index (χ3v) is 5.55. The van der Waals surface area contributed by atoms with Crippen molar-refractivity contribution in [1.82, 2.24) is 14.5 Å². The second kappa shape index (κ2) is 9.07. The van der Waals surface area contributed by atoms with Crippen LogP contribution in [-0.2, 0) is 10.6 Å². The number of aromatic nitrogens is 2. The lowest BCUT2D eigenvalue weighted by molar-refractivity contribution is -0.0982. The van der Waals surface area contributed by atoms with Crippen molar-refractivity contribution in [2.45, 2.75) is 32.6 Å². The molecule has 0 spiro atoms. The highest BCUT2D eigenvalue weighted by Crippen LogP contribution is 2.36. The number of hydrogen-bond acceptors (Lipinski definition) is 6. The van der Waals surface area contributed by atoms with E-state index >= 15 is 0 Å². The Morgan fingerprint density at radius 2 is 1.97 bits per heavy atom. The highest BCUT2D eigenvalue weighted by molar-refractivity contribution is 5.97. The van der Waals surface area contributed by atoms with Crippen molar-refractivity contribution < 1.29 is 19.1 Å². The number of methoxy groups -OCH3 is 1. The SMILES string of the molecule is COc1cc(C=CC2=NO[C@](C)(c3ccc(F)cc3)N2C[C@H](C)O)ccc1-n1cnc(C)c1. The van der Waals surface area contributed by atoms with E-state index in [2.05, 4.69) is 10.1 Å². The zero-order valence-electron chi connectivity index (χ0n) is 19.1. The van der Waals surface area contributed by atoms with E-state index in [1.165, 1.54) is 12.1 Å². The molecule has 7 nitrogen and oxygen atoms in total. The number of aliphatic hydroxyl groups excluding tert-OH is 1. The summed E-state index contributed by atoms with van der Waals surface area (Å²) < 4.78 is 20.9.